The molecule has 0 bridgehead atoms. The fraction of sp³-hybridized carbons (Fsp3) is 0.316. The Bertz CT molecular complexity index is 786. The summed E-state index contributed by atoms with van der Waals surface area (Å²) in [5, 5.41) is 12.1. The van der Waals surface area contributed by atoms with Crippen LogP contribution in [0.5, 0.6) is 17.2 Å². The van der Waals surface area contributed by atoms with Crippen molar-refractivity contribution in [2.24, 2.45) is 0 Å². The number of carboxylic acids is 1. The monoisotopic (exact) mass is 453 g/mol. The Kier molecular flexibility index (Phi) is 6.87. The van der Waals surface area contributed by atoms with Gasteiger partial charge in [0, 0.05) is 10.2 Å². The van der Waals surface area contributed by atoms with E-state index in [1.165, 1.54) is 0 Å². The van der Waals surface area contributed by atoms with Crippen LogP contribution in [0.1, 0.15) is 10.9 Å². The molecule has 2 aromatic carbocycles. The van der Waals surface area contributed by atoms with Gasteiger partial charge in [-0.3, -0.25) is 10.1 Å². The highest BCUT2D eigenvalue weighted by Crippen LogP contribution is 2.37. The minimum Gasteiger partial charge on any atom is -0.493 e. The number of hydrogen-bond donors (Lipinski definition) is 2. The Morgan fingerprint density at radius 2 is 1.93 bits per heavy atom. The molecule has 2 N–H and O–H groups in total. The van der Waals surface area contributed by atoms with Crippen LogP contribution in [-0.2, 0) is 4.79 Å². The molecule has 0 spiro atoms. The zero-order valence-electron chi connectivity index (χ0n) is 14.7. The van der Waals surface area contributed by atoms with E-state index in [0.717, 1.165) is 15.8 Å². The van der Waals surface area contributed by atoms with Crippen LogP contribution in [0.25, 0.3) is 0 Å². The summed E-state index contributed by atoms with van der Waals surface area (Å²) in [4.78, 5) is 11.1. The molecule has 2 aromatic rings. The number of nitrogens with one attached hydrogen (secondary N) is 1. The molecule has 0 aromatic heterocycles. The van der Waals surface area contributed by atoms with Gasteiger partial charge in [0.25, 0.3) is 0 Å². The molecule has 2 unspecified atom stereocenters. The number of ether oxygens (including phenoxy) is 3. The molecule has 0 saturated carbocycles. The zero-order chi connectivity index (χ0) is 19.2. The smallest absolute Gasteiger partial charge is 0.321 e. The Morgan fingerprint density at radius 1 is 1.19 bits per heavy atom. The lowest BCUT2D eigenvalue weighted by Gasteiger charge is -2.16. The number of rotatable bonds is 8. The summed E-state index contributed by atoms with van der Waals surface area (Å²) < 4.78 is 17.8. The van der Waals surface area contributed by atoms with E-state index in [4.69, 9.17) is 19.3 Å². The summed E-state index contributed by atoms with van der Waals surface area (Å²) in [7, 11) is 1.59. The molecule has 1 heterocycles. The SMILES string of the molecule is COc1ccc(C2NC(C(=O)O)CS2)cc1OCCOc1ccc(Br)cc1. The quantitative estimate of drug-likeness (QED) is 0.589. The van der Waals surface area contributed by atoms with E-state index in [2.05, 4.69) is 21.2 Å². The van der Waals surface area contributed by atoms with E-state index in [-0.39, 0.29) is 5.37 Å². The number of carbonyl (C=O) groups is 1. The summed E-state index contributed by atoms with van der Waals surface area (Å²) in [5.74, 6) is 1.70. The van der Waals surface area contributed by atoms with Crippen molar-refractivity contribution in [1.29, 1.82) is 0 Å². The van der Waals surface area contributed by atoms with Gasteiger partial charge in [0.05, 0.1) is 12.5 Å². The van der Waals surface area contributed by atoms with E-state index in [1.54, 1.807) is 18.9 Å². The van der Waals surface area contributed by atoms with E-state index >= 15 is 0 Å². The number of aliphatic carboxylic acids is 1. The zero-order valence-corrected chi connectivity index (χ0v) is 17.1. The summed E-state index contributed by atoms with van der Waals surface area (Å²) in [6, 6.07) is 12.7. The second kappa shape index (κ2) is 9.34. The Labute approximate surface area is 170 Å². The van der Waals surface area contributed by atoms with Gasteiger partial charge >= 0.3 is 5.97 Å². The maximum Gasteiger partial charge on any atom is 0.321 e. The molecular weight excluding hydrogens is 434 g/mol. The molecule has 1 aliphatic heterocycles. The first-order valence-electron chi connectivity index (χ1n) is 8.36. The van der Waals surface area contributed by atoms with Gasteiger partial charge in [0.2, 0.25) is 0 Å². The van der Waals surface area contributed by atoms with Crippen molar-refractivity contribution in [1.82, 2.24) is 5.32 Å². The fourth-order valence-corrected chi connectivity index (χ4v) is 4.11. The van der Waals surface area contributed by atoms with Gasteiger partial charge in [-0.1, -0.05) is 22.0 Å². The molecule has 2 atom stereocenters. The average Bonchev–Trinajstić information content (AvgIpc) is 3.17. The first kappa shape index (κ1) is 19.9. The second-order valence-corrected chi connectivity index (χ2v) is 7.89. The topological polar surface area (TPSA) is 77.0 Å². The van der Waals surface area contributed by atoms with Crippen molar-refractivity contribution in [3.63, 3.8) is 0 Å². The highest BCUT2D eigenvalue weighted by atomic mass is 79.9. The maximum atomic E-state index is 11.1. The van der Waals surface area contributed by atoms with Crippen LogP contribution in [0.4, 0.5) is 0 Å². The Balaban J connectivity index is 1.58. The lowest BCUT2D eigenvalue weighted by atomic mass is 10.2. The Morgan fingerprint density at radius 3 is 2.59 bits per heavy atom. The third kappa shape index (κ3) is 5.31. The molecule has 8 heteroatoms. The van der Waals surface area contributed by atoms with Crippen LogP contribution in [0.2, 0.25) is 0 Å². The molecule has 1 aliphatic rings. The molecule has 0 radical (unpaired) electrons. The summed E-state index contributed by atoms with van der Waals surface area (Å²) >= 11 is 4.95. The predicted molar refractivity (Wildman–Crippen MR) is 108 cm³/mol. The molecule has 1 saturated heterocycles. The minimum absolute atomic E-state index is 0.0848. The molecule has 27 heavy (non-hydrogen) atoms. The third-order valence-corrected chi connectivity index (χ3v) is 5.79. The van der Waals surface area contributed by atoms with Crippen LogP contribution >= 0.6 is 27.7 Å². The first-order chi connectivity index (χ1) is 13.1. The van der Waals surface area contributed by atoms with Crippen LogP contribution < -0.4 is 19.5 Å². The number of methoxy groups -OCH3 is 1. The number of halogens is 1. The lowest BCUT2D eigenvalue weighted by molar-refractivity contribution is -0.138. The first-order valence-corrected chi connectivity index (χ1v) is 10.2. The molecule has 0 amide bonds. The number of carboxylic acid groups (broad SMARTS) is 1. The summed E-state index contributed by atoms with van der Waals surface area (Å²) in [5.41, 5.74) is 0.952. The average molecular weight is 454 g/mol. The van der Waals surface area contributed by atoms with Crippen molar-refractivity contribution in [3.8, 4) is 17.2 Å². The van der Waals surface area contributed by atoms with Crippen molar-refractivity contribution in [2.45, 2.75) is 11.4 Å². The van der Waals surface area contributed by atoms with E-state index < -0.39 is 12.0 Å². The summed E-state index contributed by atoms with van der Waals surface area (Å²) in [6.45, 7) is 0.755. The number of benzene rings is 2. The van der Waals surface area contributed by atoms with E-state index in [0.29, 0.717) is 30.5 Å². The van der Waals surface area contributed by atoms with Crippen molar-refractivity contribution in [3.05, 3.63) is 52.5 Å². The third-order valence-electron chi connectivity index (χ3n) is 3.99. The van der Waals surface area contributed by atoms with Gasteiger partial charge in [0.15, 0.2) is 11.5 Å². The van der Waals surface area contributed by atoms with Crippen LogP contribution in [0.3, 0.4) is 0 Å². The van der Waals surface area contributed by atoms with Crippen molar-refractivity contribution in [2.75, 3.05) is 26.1 Å². The molecule has 6 nitrogen and oxygen atoms in total. The molecular formula is C19H20BrNO5S. The Hall–Kier alpha value is -1.90. The van der Waals surface area contributed by atoms with Gasteiger partial charge < -0.3 is 19.3 Å². The highest BCUT2D eigenvalue weighted by Gasteiger charge is 2.30. The van der Waals surface area contributed by atoms with Gasteiger partial charge in [-0.2, -0.15) is 0 Å². The van der Waals surface area contributed by atoms with Gasteiger partial charge in [-0.25, -0.2) is 0 Å². The van der Waals surface area contributed by atoms with Gasteiger partial charge in [-0.05, 0) is 42.0 Å². The van der Waals surface area contributed by atoms with Gasteiger partial charge in [0.1, 0.15) is 25.0 Å². The number of hydrogen-bond acceptors (Lipinski definition) is 6. The van der Waals surface area contributed by atoms with Crippen molar-refractivity contribution < 1.29 is 24.1 Å². The standard InChI is InChI=1S/C19H20BrNO5S/c1-24-16-7-2-12(18-21-15(11-27-18)19(22)23)10-17(16)26-9-8-25-14-5-3-13(20)4-6-14/h2-7,10,15,18,21H,8-9,11H2,1H3,(H,22,23). The van der Waals surface area contributed by atoms with Crippen LogP contribution in [0.15, 0.2) is 46.9 Å². The number of thioether (sulfide) groups is 1. The largest absolute Gasteiger partial charge is 0.493 e. The second-order valence-electron chi connectivity index (χ2n) is 5.83. The van der Waals surface area contributed by atoms with Crippen LogP contribution in [-0.4, -0.2) is 43.2 Å². The van der Waals surface area contributed by atoms with Crippen LogP contribution in [0, 0.1) is 0 Å². The van der Waals surface area contributed by atoms with E-state index in [1.807, 2.05) is 42.5 Å². The molecule has 3 rings (SSSR count). The molecule has 1 fully saturated rings. The predicted octanol–water partition coefficient (Wildman–Crippen LogP) is 3.70. The highest BCUT2D eigenvalue weighted by molar-refractivity contribution is 9.10. The fourth-order valence-electron chi connectivity index (χ4n) is 2.62. The normalized spacial score (nSPS) is 18.9. The molecule has 0 aliphatic carbocycles. The minimum atomic E-state index is -0.833. The van der Waals surface area contributed by atoms with Gasteiger partial charge in [-0.15, -0.1) is 11.8 Å². The summed E-state index contributed by atoms with van der Waals surface area (Å²) in [6.07, 6.45) is 0. The van der Waals surface area contributed by atoms with E-state index in [9.17, 15) is 4.79 Å². The molecule has 144 valence electrons. The lowest BCUT2D eigenvalue weighted by Crippen LogP contribution is -2.33. The maximum absolute atomic E-state index is 11.1. The van der Waals surface area contributed by atoms with Crippen molar-refractivity contribution >= 4 is 33.7 Å².